The zero-order valence-corrected chi connectivity index (χ0v) is 27.6. The topological polar surface area (TPSA) is 43.4 Å². The highest BCUT2D eigenvalue weighted by molar-refractivity contribution is 5.66. The predicted octanol–water partition coefficient (Wildman–Crippen LogP) is 10.6. The van der Waals surface area contributed by atoms with Crippen molar-refractivity contribution >= 4 is 12.3 Å². The largest absolute Gasteiger partial charge is 0.458 e. The highest BCUT2D eigenvalue weighted by atomic mass is 16.5. The fourth-order valence-electron chi connectivity index (χ4n) is 10.9. The zero-order valence-electron chi connectivity index (χ0n) is 27.6. The molecule has 3 fully saturated rings. The number of hydrogen-bond donors (Lipinski definition) is 0. The van der Waals surface area contributed by atoms with Crippen LogP contribution in [0.5, 0.6) is 0 Å². The van der Waals surface area contributed by atoms with E-state index in [1.165, 1.54) is 128 Å². The maximum atomic E-state index is 12.5. The molecule has 0 radical (unpaired) electrons. The summed E-state index contributed by atoms with van der Waals surface area (Å²) in [6.07, 6.45) is 34.6. The molecule has 3 heteroatoms. The van der Waals surface area contributed by atoms with Gasteiger partial charge in [-0.25, -0.2) is 0 Å². The van der Waals surface area contributed by atoms with Crippen molar-refractivity contribution in [2.75, 3.05) is 0 Å². The van der Waals surface area contributed by atoms with Gasteiger partial charge in [-0.3, -0.25) is 4.79 Å². The van der Waals surface area contributed by atoms with Gasteiger partial charge in [0.25, 0.3) is 0 Å². The number of aldehydes is 1. The van der Waals surface area contributed by atoms with Crippen LogP contribution in [0.4, 0.5) is 0 Å². The summed E-state index contributed by atoms with van der Waals surface area (Å²) in [5.74, 6) is 3.34. The lowest BCUT2D eigenvalue weighted by Gasteiger charge is -2.57. The second-order valence-electron chi connectivity index (χ2n) is 15.8. The van der Waals surface area contributed by atoms with Crippen molar-refractivity contribution in [3.63, 3.8) is 0 Å². The van der Waals surface area contributed by atoms with Gasteiger partial charge in [0.15, 0.2) is 0 Å². The molecule has 0 aromatic rings. The van der Waals surface area contributed by atoms with Gasteiger partial charge in [-0.2, -0.15) is 0 Å². The van der Waals surface area contributed by atoms with Gasteiger partial charge in [-0.1, -0.05) is 109 Å². The summed E-state index contributed by atoms with van der Waals surface area (Å²) in [6.45, 7) is 8.93. The number of allylic oxidation sites excluding steroid dienone is 2. The summed E-state index contributed by atoms with van der Waals surface area (Å²) in [7, 11) is 0. The van der Waals surface area contributed by atoms with E-state index in [4.69, 9.17) is 4.74 Å². The summed E-state index contributed by atoms with van der Waals surface area (Å²) in [5, 5.41) is 0. The molecule has 5 aliphatic carbocycles. The number of ether oxygens (including phenoxy) is 1. The summed E-state index contributed by atoms with van der Waals surface area (Å²) >= 11 is 0. The SMILES string of the molecule is CCCCCCCCCCCCCC(C1CC[C@H]2[C@@H]3CC=C4CC(OC(C)=O)C=C[C@]4(C)[C@H]3CC[C@]12C)C1(C=O)CC1. The van der Waals surface area contributed by atoms with E-state index in [0.29, 0.717) is 23.2 Å². The van der Waals surface area contributed by atoms with Gasteiger partial charge < -0.3 is 9.53 Å². The minimum Gasteiger partial charge on any atom is -0.458 e. The fraction of sp³-hybridized carbons (Fsp3) is 0.846. The standard InChI is InChI=1S/C39H62O3/c1-5-6-7-8-9-10-11-12-13-14-15-16-36(39(28-40)25-26-39)35-20-19-33-32-18-17-30-27-31(42-29(2)41)21-23-37(30,3)34(32)22-24-38(33,35)4/h17,21,23,28,31-36H,5-16,18-20,22,24-27H2,1-4H3/t31?,32-,33-,34-,35?,36?,37-,38-/m0/s1. The number of esters is 1. The first kappa shape index (κ1) is 32.0. The van der Waals surface area contributed by atoms with E-state index in [9.17, 15) is 9.59 Å². The van der Waals surface area contributed by atoms with Crippen LogP contribution in [-0.2, 0) is 14.3 Å². The van der Waals surface area contributed by atoms with Crippen molar-refractivity contribution in [3.8, 4) is 0 Å². The molecule has 3 unspecified atom stereocenters. The molecule has 0 saturated heterocycles. The van der Waals surface area contributed by atoms with Crippen LogP contribution in [0.3, 0.4) is 0 Å². The van der Waals surface area contributed by atoms with Crippen LogP contribution in [0.15, 0.2) is 23.8 Å². The number of hydrogen-bond acceptors (Lipinski definition) is 3. The molecular formula is C39H62O3. The molecule has 0 bridgehead atoms. The molecule has 0 aromatic heterocycles. The molecule has 5 aliphatic rings. The highest BCUT2D eigenvalue weighted by Crippen LogP contribution is 2.69. The molecule has 0 amide bonds. The molecule has 8 atom stereocenters. The molecule has 0 aliphatic heterocycles. The van der Waals surface area contributed by atoms with Gasteiger partial charge in [0.05, 0.1) is 0 Å². The van der Waals surface area contributed by atoms with Crippen LogP contribution in [-0.4, -0.2) is 18.4 Å². The van der Waals surface area contributed by atoms with Gasteiger partial charge in [0, 0.05) is 24.2 Å². The number of rotatable bonds is 16. The quantitative estimate of drug-likeness (QED) is 0.0792. The fourth-order valence-corrected chi connectivity index (χ4v) is 10.9. The molecule has 0 heterocycles. The van der Waals surface area contributed by atoms with Crippen LogP contribution in [0.25, 0.3) is 0 Å². The minimum atomic E-state index is -0.181. The smallest absolute Gasteiger partial charge is 0.303 e. The van der Waals surface area contributed by atoms with E-state index in [1.54, 1.807) is 0 Å². The normalized spacial score (nSPS) is 36.8. The number of fused-ring (bicyclic) bond motifs is 5. The molecule has 0 spiro atoms. The third-order valence-electron chi connectivity index (χ3n) is 13.4. The van der Waals surface area contributed by atoms with E-state index in [0.717, 1.165) is 31.1 Å². The van der Waals surface area contributed by atoms with Crippen LogP contribution in [0.2, 0.25) is 0 Å². The molecule has 3 nitrogen and oxygen atoms in total. The van der Waals surface area contributed by atoms with Crippen LogP contribution in [0, 0.1) is 45.8 Å². The Balaban J connectivity index is 1.18. The van der Waals surface area contributed by atoms with Gasteiger partial charge in [0.2, 0.25) is 0 Å². The van der Waals surface area contributed by atoms with E-state index < -0.39 is 0 Å². The van der Waals surface area contributed by atoms with Gasteiger partial charge in [-0.15, -0.1) is 0 Å². The second kappa shape index (κ2) is 13.7. The Morgan fingerprint density at radius 2 is 1.60 bits per heavy atom. The molecule has 0 N–H and O–H groups in total. The first-order chi connectivity index (χ1) is 20.3. The average molecular weight is 579 g/mol. The maximum absolute atomic E-state index is 12.5. The Kier molecular flexibility index (Phi) is 10.5. The summed E-state index contributed by atoms with van der Waals surface area (Å²) in [4.78, 5) is 24.1. The lowest BCUT2D eigenvalue weighted by Crippen LogP contribution is -2.50. The third kappa shape index (κ3) is 6.51. The summed E-state index contributed by atoms with van der Waals surface area (Å²) < 4.78 is 5.58. The van der Waals surface area contributed by atoms with Crippen LogP contribution in [0.1, 0.15) is 156 Å². The Labute approximate surface area is 258 Å². The van der Waals surface area contributed by atoms with Gasteiger partial charge in [0.1, 0.15) is 12.4 Å². The van der Waals surface area contributed by atoms with E-state index in [1.807, 2.05) is 0 Å². The van der Waals surface area contributed by atoms with E-state index >= 15 is 0 Å². The first-order valence-corrected chi connectivity index (χ1v) is 18.3. The molecule has 3 saturated carbocycles. The monoisotopic (exact) mass is 578 g/mol. The summed E-state index contributed by atoms with van der Waals surface area (Å²) in [5.41, 5.74) is 1.99. The number of carbonyl (C=O) groups is 2. The van der Waals surface area contributed by atoms with E-state index in [-0.39, 0.29) is 22.9 Å². The van der Waals surface area contributed by atoms with Gasteiger partial charge >= 0.3 is 5.97 Å². The molecular weight excluding hydrogens is 516 g/mol. The summed E-state index contributed by atoms with van der Waals surface area (Å²) in [6, 6.07) is 0. The lowest BCUT2D eigenvalue weighted by atomic mass is 9.47. The predicted molar refractivity (Wildman–Crippen MR) is 173 cm³/mol. The highest BCUT2D eigenvalue weighted by Gasteiger charge is 2.62. The number of carbonyl (C=O) groups excluding carboxylic acids is 2. The Hall–Kier alpha value is -1.38. The molecule has 236 valence electrons. The van der Waals surface area contributed by atoms with E-state index in [2.05, 4.69) is 39.0 Å². The molecule has 42 heavy (non-hydrogen) atoms. The second-order valence-corrected chi connectivity index (χ2v) is 15.8. The average Bonchev–Trinajstić information content (AvgIpc) is 3.68. The third-order valence-corrected chi connectivity index (χ3v) is 13.4. The number of unbranched alkanes of at least 4 members (excludes halogenated alkanes) is 10. The van der Waals surface area contributed by atoms with Crippen LogP contribution < -0.4 is 0 Å². The lowest BCUT2D eigenvalue weighted by molar-refractivity contribution is -0.144. The van der Waals surface area contributed by atoms with Gasteiger partial charge in [-0.05, 0) is 92.4 Å². The Bertz CT molecular complexity index is 990. The maximum Gasteiger partial charge on any atom is 0.303 e. The Morgan fingerprint density at radius 3 is 2.21 bits per heavy atom. The first-order valence-electron chi connectivity index (χ1n) is 18.3. The zero-order chi connectivity index (χ0) is 29.8. The van der Waals surface area contributed by atoms with Crippen molar-refractivity contribution in [3.05, 3.63) is 23.8 Å². The van der Waals surface area contributed by atoms with Crippen molar-refractivity contribution in [1.29, 1.82) is 0 Å². The van der Waals surface area contributed by atoms with Crippen molar-refractivity contribution in [2.24, 2.45) is 45.8 Å². The van der Waals surface area contributed by atoms with Crippen molar-refractivity contribution < 1.29 is 14.3 Å². The van der Waals surface area contributed by atoms with Crippen molar-refractivity contribution in [1.82, 2.24) is 0 Å². The molecule has 5 rings (SSSR count). The Morgan fingerprint density at radius 1 is 0.929 bits per heavy atom. The van der Waals surface area contributed by atoms with Crippen LogP contribution >= 0.6 is 0 Å². The van der Waals surface area contributed by atoms with Crippen molar-refractivity contribution in [2.45, 2.75) is 162 Å². The molecule has 0 aromatic carbocycles. The minimum absolute atomic E-state index is 0.00134.